The van der Waals surface area contributed by atoms with Gasteiger partial charge in [-0.25, -0.2) is 0 Å². The molecule has 0 bridgehead atoms. The maximum Gasteiger partial charge on any atom is 0.242 e. The van der Waals surface area contributed by atoms with Crippen LogP contribution < -0.4 is 5.32 Å². The molecule has 0 saturated carbocycles. The summed E-state index contributed by atoms with van der Waals surface area (Å²) in [5, 5.41) is 10.00. The lowest BCUT2D eigenvalue weighted by molar-refractivity contribution is -0.133. The summed E-state index contributed by atoms with van der Waals surface area (Å²) in [6.07, 6.45) is 0. The van der Waals surface area contributed by atoms with Crippen LogP contribution in [0, 0.1) is 11.7 Å². The molecular weight excluding hydrogens is 388 g/mol. The van der Waals surface area contributed by atoms with Gasteiger partial charge in [-0.2, -0.15) is 5.10 Å². The molecule has 29 heavy (non-hydrogen) atoms. The van der Waals surface area contributed by atoms with Crippen LogP contribution in [0.2, 0.25) is 0 Å². The van der Waals surface area contributed by atoms with E-state index in [1.54, 1.807) is 4.57 Å². The predicted molar refractivity (Wildman–Crippen MR) is 114 cm³/mol. The lowest BCUT2D eigenvalue weighted by Gasteiger charge is -2.34. The van der Waals surface area contributed by atoms with E-state index in [-0.39, 0.29) is 24.4 Å². The number of aryl methyl sites for hydroxylation is 1. The number of hydrogen-bond acceptors (Lipinski definition) is 5. The van der Waals surface area contributed by atoms with Crippen molar-refractivity contribution < 1.29 is 9.59 Å². The summed E-state index contributed by atoms with van der Waals surface area (Å²) in [6, 6.07) is 8.10. The van der Waals surface area contributed by atoms with Crippen LogP contribution in [0.1, 0.15) is 19.4 Å². The number of nitrogens with zero attached hydrogens (tertiary/aromatic N) is 4. The molecule has 156 valence electrons. The van der Waals surface area contributed by atoms with E-state index in [2.05, 4.69) is 20.4 Å². The third-order valence-corrected chi connectivity index (χ3v) is 5.21. The quantitative estimate of drug-likeness (QED) is 0.699. The second kappa shape index (κ2) is 9.32. The van der Waals surface area contributed by atoms with Gasteiger partial charge in [0.05, 0.1) is 6.54 Å². The zero-order valence-electron chi connectivity index (χ0n) is 17.1. The summed E-state index contributed by atoms with van der Waals surface area (Å²) in [7, 11) is 0. The van der Waals surface area contributed by atoms with Crippen LogP contribution in [-0.4, -0.2) is 75.1 Å². The van der Waals surface area contributed by atoms with Crippen LogP contribution in [0.3, 0.4) is 0 Å². The van der Waals surface area contributed by atoms with Crippen LogP contribution in [0.25, 0.3) is 11.4 Å². The number of aromatic amines is 1. The van der Waals surface area contributed by atoms with Crippen LogP contribution in [-0.2, 0) is 16.1 Å². The molecule has 0 atom stereocenters. The molecule has 0 unspecified atom stereocenters. The predicted octanol–water partition coefficient (Wildman–Crippen LogP) is 1.58. The van der Waals surface area contributed by atoms with Crippen LogP contribution in [0.5, 0.6) is 0 Å². The summed E-state index contributed by atoms with van der Waals surface area (Å²) in [5.74, 6) is 0.682. The van der Waals surface area contributed by atoms with E-state index in [0.29, 0.717) is 43.3 Å². The van der Waals surface area contributed by atoms with Gasteiger partial charge >= 0.3 is 0 Å². The van der Waals surface area contributed by atoms with Gasteiger partial charge in [-0.15, -0.1) is 0 Å². The minimum absolute atomic E-state index is 0.00198. The van der Waals surface area contributed by atoms with E-state index in [9.17, 15) is 9.59 Å². The molecular formula is C20H28N6O2S. The highest BCUT2D eigenvalue weighted by Crippen LogP contribution is 2.18. The highest BCUT2D eigenvalue weighted by atomic mass is 32.1. The zero-order valence-corrected chi connectivity index (χ0v) is 18.0. The Bertz CT molecular complexity index is 910. The van der Waals surface area contributed by atoms with Crippen LogP contribution in [0.15, 0.2) is 24.3 Å². The molecule has 0 spiro atoms. The molecule has 9 heteroatoms. The lowest BCUT2D eigenvalue weighted by Crippen LogP contribution is -2.52. The number of carbonyl (C=O) groups excluding carboxylic acids is 2. The Labute approximate surface area is 175 Å². The second-order valence-corrected chi connectivity index (χ2v) is 8.07. The van der Waals surface area contributed by atoms with Crippen LogP contribution >= 0.6 is 12.2 Å². The van der Waals surface area contributed by atoms with Crippen LogP contribution in [0.4, 0.5) is 0 Å². The van der Waals surface area contributed by atoms with Crippen molar-refractivity contribution in [2.24, 2.45) is 0 Å². The first-order chi connectivity index (χ1) is 13.8. The molecule has 3 rings (SSSR count). The van der Waals surface area contributed by atoms with Gasteiger partial charge < -0.3 is 10.2 Å². The fraction of sp³-hybridized carbons (Fsp3) is 0.500. The third-order valence-electron chi connectivity index (χ3n) is 4.90. The van der Waals surface area contributed by atoms with Crippen molar-refractivity contribution >= 4 is 24.0 Å². The number of benzene rings is 1. The number of amides is 2. The van der Waals surface area contributed by atoms with Gasteiger partial charge in [0.15, 0.2) is 10.6 Å². The SMILES string of the molecule is Cc1ccc(-c2n[nH]c(=S)n2CC(=O)N2CCN(CC(=O)NC(C)C)CC2)cc1. The number of piperazine rings is 1. The molecule has 1 aliphatic heterocycles. The topological polar surface area (TPSA) is 86.3 Å². The monoisotopic (exact) mass is 416 g/mol. The maximum absolute atomic E-state index is 12.8. The Balaban J connectivity index is 1.59. The Morgan fingerprint density at radius 3 is 2.41 bits per heavy atom. The van der Waals surface area contributed by atoms with Crippen molar-refractivity contribution in [1.29, 1.82) is 0 Å². The summed E-state index contributed by atoms with van der Waals surface area (Å²) in [6.45, 7) is 8.98. The molecule has 2 heterocycles. The first-order valence-corrected chi connectivity index (χ1v) is 10.3. The molecule has 0 radical (unpaired) electrons. The summed E-state index contributed by atoms with van der Waals surface area (Å²) >= 11 is 5.34. The number of rotatable bonds is 6. The van der Waals surface area contributed by atoms with Crippen molar-refractivity contribution in [2.45, 2.75) is 33.4 Å². The third kappa shape index (κ3) is 5.51. The number of nitrogens with one attached hydrogen (secondary N) is 2. The molecule has 0 aliphatic carbocycles. The molecule has 1 aromatic heterocycles. The summed E-state index contributed by atoms with van der Waals surface area (Å²) < 4.78 is 2.17. The number of hydrogen-bond donors (Lipinski definition) is 2. The minimum atomic E-state index is 0.00198. The van der Waals surface area contributed by atoms with Gasteiger partial charge in [0.1, 0.15) is 6.54 Å². The molecule has 1 saturated heterocycles. The normalized spacial score (nSPS) is 15.0. The number of H-pyrrole nitrogens is 1. The van der Waals surface area contributed by atoms with Crippen molar-refractivity contribution in [3.63, 3.8) is 0 Å². The molecule has 1 aliphatic rings. The zero-order chi connectivity index (χ0) is 21.0. The average molecular weight is 417 g/mol. The lowest BCUT2D eigenvalue weighted by atomic mass is 10.1. The van der Waals surface area contributed by atoms with Gasteiger partial charge in [-0.1, -0.05) is 29.8 Å². The Hall–Kier alpha value is -2.52. The second-order valence-electron chi connectivity index (χ2n) is 7.68. The fourth-order valence-electron chi connectivity index (χ4n) is 3.35. The molecule has 2 amide bonds. The van der Waals surface area contributed by atoms with Crippen molar-refractivity contribution in [2.75, 3.05) is 32.7 Å². The van der Waals surface area contributed by atoms with E-state index in [4.69, 9.17) is 12.2 Å². The number of carbonyl (C=O) groups is 2. The van der Waals surface area contributed by atoms with E-state index >= 15 is 0 Å². The van der Waals surface area contributed by atoms with Crippen molar-refractivity contribution in [3.8, 4) is 11.4 Å². The van der Waals surface area contributed by atoms with Crippen molar-refractivity contribution in [1.82, 2.24) is 29.9 Å². The summed E-state index contributed by atoms with van der Waals surface area (Å²) in [4.78, 5) is 28.7. The Kier molecular flexibility index (Phi) is 6.81. The van der Waals surface area contributed by atoms with Gasteiger partial charge in [0, 0.05) is 37.8 Å². The fourth-order valence-corrected chi connectivity index (χ4v) is 3.55. The number of aromatic nitrogens is 3. The van der Waals surface area contributed by atoms with Crippen molar-refractivity contribution in [3.05, 3.63) is 34.6 Å². The average Bonchev–Trinajstić information content (AvgIpc) is 3.02. The highest BCUT2D eigenvalue weighted by molar-refractivity contribution is 7.71. The maximum atomic E-state index is 12.8. The Morgan fingerprint density at radius 1 is 1.14 bits per heavy atom. The molecule has 1 fully saturated rings. The molecule has 2 N–H and O–H groups in total. The van der Waals surface area contributed by atoms with E-state index in [0.717, 1.165) is 11.1 Å². The van der Waals surface area contributed by atoms with E-state index in [1.807, 2.05) is 49.9 Å². The van der Waals surface area contributed by atoms with Gasteiger partial charge in [0.25, 0.3) is 0 Å². The van der Waals surface area contributed by atoms with E-state index < -0.39 is 0 Å². The van der Waals surface area contributed by atoms with Gasteiger partial charge in [-0.3, -0.25) is 24.2 Å². The Morgan fingerprint density at radius 2 is 1.79 bits per heavy atom. The smallest absolute Gasteiger partial charge is 0.242 e. The molecule has 1 aromatic carbocycles. The largest absolute Gasteiger partial charge is 0.353 e. The standard InChI is InChI=1S/C20H28N6O2S/c1-14(2)21-17(27)12-24-8-10-25(11-9-24)18(28)13-26-19(22-23-20(26)29)16-6-4-15(3)5-7-16/h4-7,14H,8-13H2,1-3H3,(H,21,27)(H,23,29). The van der Waals surface area contributed by atoms with Gasteiger partial charge in [0.2, 0.25) is 11.8 Å². The van der Waals surface area contributed by atoms with E-state index in [1.165, 1.54) is 0 Å². The first-order valence-electron chi connectivity index (χ1n) is 9.85. The first kappa shape index (κ1) is 21.2. The molecule has 2 aromatic rings. The molecule has 8 nitrogen and oxygen atoms in total. The summed E-state index contributed by atoms with van der Waals surface area (Å²) in [5.41, 5.74) is 2.07. The minimum Gasteiger partial charge on any atom is -0.353 e. The highest BCUT2D eigenvalue weighted by Gasteiger charge is 2.23. The van der Waals surface area contributed by atoms with Gasteiger partial charge in [-0.05, 0) is 33.0 Å².